The van der Waals surface area contributed by atoms with Crippen molar-refractivity contribution in [2.24, 2.45) is 0 Å². The second-order valence-electron chi connectivity index (χ2n) is 4.06. The van der Waals surface area contributed by atoms with Gasteiger partial charge in [-0.3, -0.25) is 4.90 Å². The van der Waals surface area contributed by atoms with Crippen LogP contribution in [0.15, 0.2) is 18.2 Å². The van der Waals surface area contributed by atoms with E-state index in [0.717, 1.165) is 50.8 Å². The molecule has 93 valence electrons. The van der Waals surface area contributed by atoms with Crippen LogP contribution < -0.4 is 14.8 Å². The molecule has 0 saturated carbocycles. The van der Waals surface area contributed by atoms with Crippen LogP contribution in [0.3, 0.4) is 0 Å². The average molecular weight is 235 g/mol. The number of hydrogen-bond acceptors (Lipinski definition) is 4. The van der Waals surface area contributed by atoms with Crippen LogP contribution in [0.4, 0.5) is 0 Å². The summed E-state index contributed by atoms with van der Waals surface area (Å²) in [5, 5.41) is 3.31. The van der Waals surface area contributed by atoms with Crippen LogP contribution in [0.5, 0.6) is 11.5 Å². The van der Waals surface area contributed by atoms with E-state index in [0.29, 0.717) is 0 Å². The maximum atomic E-state index is 5.70. The molecule has 0 unspecified atom stereocenters. The Hall–Kier alpha value is -1.26. The Morgan fingerprint density at radius 2 is 2.41 bits per heavy atom. The molecule has 1 fully saturated rings. The number of hydrogen-bond donors (Lipinski definition) is 1. The molecule has 1 N–H and O–H groups in total. The molecule has 4 nitrogen and oxygen atoms in total. The predicted octanol–water partition coefficient (Wildman–Crippen LogP) is 1.13. The third-order valence-electron chi connectivity index (χ3n) is 2.82. The molecule has 0 spiro atoms. The lowest BCUT2D eigenvalue weighted by molar-refractivity contribution is 0.253. The highest BCUT2D eigenvalue weighted by atomic mass is 16.5. The zero-order valence-corrected chi connectivity index (χ0v) is 10.2. The summed E-state index contributed by atoms with van der Waals surface area (Å²) in [5.74, 6) is 1.54. The van der Waals surface area contributed by atoms with Gasteiger partial charge >= 0.3 is 0 Å². The maximum absolute atomic E-state index is 5.70. The van der Waals surface area contributed by atoms with Crippen molar-refractivity contribution < 1.29 is 9.47 Å². The second kappa shape index (κ2) is 6.47. The third-order valence-corrected chi connectivity index (χ3v) is 2.82. The lowest BCUT2D eigenvalue weighted by atomic mass is 10.3. The monoisotopic (exact) mass is 235 g/mol. The summed E-state index contributed by atoms with van der Waals surface area (Å²) in [4.78, 5) is 2.39. The highest BCUT2D eigenvalue weighted by molar-refractivity contribution is 5.38. The molecule has 0 amide bonds. The first-order chi connectivity index (χ1) is 8.40. The van der Waals surface area contributed by atoms with Gasteiger partial charge in [0, 0.05) is 26.3 Å². The van der Waals surface area contributed by atoms with Crippen LogP contribution >= 0.6 is 0 Å². The van der Waals surface area contributed by atoms with Crippen molar-refractivity contribution in [3.05, 3.63) is 24.3 Å². The first-order valence-corrected chi connectivity index (χ1v) is 6.00. The fourth-order valence-electron chi connectivity index (χ4n) is 1.89. The van der Waals surface area contributed by atoms with E-state index in [1.807, 2.05) is 12.1 Å². The van der Waals surface area contributed by atoms with Crippen LogP contribution in [-0.2, 0) is 0 Å². The Morgan fingerprint density at radius 1 is 1.47 bits per heavy atom. The van der Waals surface area contributed by atoms with Crippen LogP contribution in [0.25, 0.3) is 0 Å². The summed E-state index contributed by atoms with van der Waals surface area (Å²) in [6.45, 7) is 5.04. The number of nitrogens with one attached hydrogen (secondary N) is 1. The molecule has 1 aliphatic rings. The van der Waals surface area contributed by atoms with Gasteiger partial charge in [-0.15, -0.1) is 0 Å². The smallest absolute Gasteiger partial charge is 0.161 e. The van der Waals surface area contributed by atoms with Gasteiger partial charge in [-0.1, -0.05) is 6.07 Å². The fraction of sp³-hybridized carbons (Fsp3) is 0.538. The van der Waals surface area contributed by atoms with Gasteiger partial charge in [0.1, 0.15) is 0 Å². The number of benzene rings is 1. The molecule has 2 rings (SSSR count). The Morgan fingerprint density at radius 3 is 3.18 bits per heavy atom. The van der Waals surface area contributed by atoms with E-state index in [-0.39, 0.29) is 0 Å². The van der Waals surface area contributed by atoms with Gasteiger partial charge < -0.3 is 14.8 Å². The van der Waals surface area contributed by atoms with Gasteiger partial charge in [0.25, 0.3) is 0 Å². The Labute approximate surface area is 103 Å². The summed E-state index contributed by atoms with van der Waals surface area (Å²) in [6, 6.07) is 8.48. The van der Waals surface area contributed by atoms with Crippen LogP contribution in [0, 0.1) is 6.07 Å². The predicted molar refractivity (Wildman–Crippen MR) is 66.4 cm³/mol. The molecule has 1 heterocycles. The van der Waals surface area contributed by atoms with Crippen molar-refractivity contribution in [3.8, 4) is 11.5 Å². The number of nitrogens with zero attached hydrogens (tertiary/aromatic N) is 1. The van der Waals surface area contributed by atoms with Crippen molar-refractivity contribution in [1.82, 2.24) is 10.2 Å². The lowest BCUT2D eigenvalue weighted by Crippen LogP contribution is -2.24. The van der Waals surface area contributed by atoms with E-state index in [1.165, 1.54) is 0 Å². The molecule has 0 aliphatic carbocycles. The average Bonchev–Trinajstić information content (AvgIpc) is 2.88. The van der Waals surface area contributed by atoms with E-state index in [2.05, 4.69) is 16.3 Å². The van der Waals surface area contributed by atoms with Crippen molar-refractivity contribution in [1.29, 1.82) is 0 Å². The van der Waals surface area contributed by atoms with Crippen LogP contribution in [0.1, 0.15) is 6.42 Å². The number of methoxy groups -OCH3 is 1. The van der Waals surface area contributed by atoms with Gasteiger partial charge in [-0.25, -0.2) is 0 Å². The summed E-state index contributed by atoms with van der Waals surface area (Å²) in [7, 11) is 1.64. The van der Waals surface area contributed by atoms with Gasteiger partial charge in [-0.05, 0) is 24.6 Å². The van der Waals surface area contributed by atoms with Crippen LogP contribution in [0.2, 0.25) is 0 Å². The Balaban J connectivity index is 1.70. The molecule has 4 heteroatoms. The molecule has 1 radical (unpaired) electrons. The summed E-state index contributed by atoms with van der Waals surface area (Å²) in [6.07, 6.45) is 1.03. The van der Waals surface area contributed by atoms with E-state index in [1.54, 1.807) is 13.2 Å². The number of rotatable bonds is 6. The SMILES string of the molecule is COc1c[c]ccc1OCCCN1CCNC1. The van der Waals surface area contributed by atoms with E-state index in [4.69, 9.17) is 9.47 Å². The maximum Gasteiger partial charge on any atom is 0.161 e. The van der Waals surface area contributed by atoms with Crippen molar-refractivity contribution in [2.45, 2.75) is 6.42 Å². The topological polar surface area (TPSA) is 33.7 Å². The first kappa shape index (κ1) is 12.2. The molecule has 0 aromatic heterocycles. The summed E-state index contributed by atoms with van der Waals surface area (Å²) < 4.78 is 10.9. The minimum atomic E-state index is 0.719. The number of ether oxygens (including phenoxy) is 2. The van der Waals surface area contributed by atoms with Crippen molar-refractivity contribution in [2.75, 3.05) is 40.0 Å². The molecule has 17 heavy (non-hydrogen) atoms. The molecule has 1 saturated heterocycles. The summed E-state index contributed by atoms with van der Waals surface area (Å²) in [5.41, 5.74) is 0. The fourth-order valence-corrected chi connectivity index (χ4v) is 1.89. The van der Waals surface area contributed by atoms with E-state index in [9.17, 15) is 0 Å². The zero-order valence-electron chi connectivity index (χ0n) is 10.2. The first-order valence-electron chi connectivity index (χ1n) is 6.00. The largest absolute Gasteiger partial charge is 0.493 e. The van der Waals surface area contributed by atoms with Crippen molar-refractivity contribution in [3.63, 3.8) is 0 Å². The third kappa shape index (κ3) is 3.61. The molecule has 0 atom stereocenters. The standard InChI is InChI=1S/C13H19N2O2/c1-16-12-5-2-3-6-13(12)17-10-4-8-15-9-7-14-11-15/h3,5-6,14H,4,7-11H2,1H3. The van der Waals surface area contributed by atoms with Gasteiger partial charge in [0.2, 0.25) is 0 Å². The van der Waals surface area contributed by atoms with Gasteiger partial charge in [-0.2, -0.15) is 0 Å². The molecular formula is C13H19N2O2. The zero-order chi connectivity index (χ0) is 11.9. The molecule has 1 aliphatic heterocycles. The van der Waals surface area contributed by atoms with Gasteiger partial charge in [0.15, 0.2) is 11.5 Å². The minimum Gasteiger partial charge on any atom is -0.493 e. The highest BCUT2D eigenvalue weighted by Crippen LogP contribution is 2.25. The molecule has 1 aromatic rings. The Kier molecular flexibility index (Phi) is 4.64. The van der Waals surface area contributed by atoms with Crippen LogP contribution in [-0.4, -0.2) is 44.9 Å². The normalized spacial score (nSPS) is 16.1. The summed E-state index contributed by atoms with van der Waals surface area (Å²) >= 11 is 0. The van der Waals surface area contributed by atoms with E-state index < -0.39 is 0 Å². The Bertz CT molecular complexity index is 338. The highest BCUT2D eigenvalue weighted by Gasteiger charge is 2.09. The second-order valence-corrected chi connectivity index (χ2v) is 4.06. The van der Waals surface area contributed by atoms with Gasteiger partial charge in [0.05, 0.1) is 13.7 Å². The van der Waals surface area contributed by atoms with E-state index >= 15 is 0 Å². The molecule has 0 bridgehead atoms. The van der Waals surface area contributed by atoms with Crippen molar-refractivity contribution >= 4 is 0 Å². The quantitative estimate of drug-likeness (QED) is 0.749. The minimum absolute atomic E-state index is 0.719. The molecule has 1 aromatic carbocycles. The lowest BCUT2D eigenvalue weighted by Gasteiger charge is -2.14. The molecular weight excluding hydrogens is 216 g/mol.